The molecule has 0 aliphatic rings. The number of carbonyl (C=O) groups is 1. The fourth-order valence-corrected chi connectivity index (χ4v) is 1.31. The van der Waals surface area contributed by atoms with E-state index in [1.807, 2.05) is 6.07 Å². The highest BCUT2D eigenvalue weighted by atomic mass is 16.4. The van der Waals surface area contributed by atoms with Crippen LogP contribution in [0, 0.1) is 0 Å². The molecule has 0 unspecified atom stereocenters. The predicted molar refractivity (Wildman–Crippen MR) is 60.3 cm³/mol. The molecule has 7 nitrogen and oxygen atoms in total. The molecular weight excluding hydrogens is 224 g/mol. The van der Waals surface area contributed by atoms with Crippen molar-refractivity contribution < 1.29 is 9.90 Å². The molecule has 2 rings (SSSR count). The highest BCUT2D eigenvalue weighted by molar-refractivity contribution is 5.71. The molecule has 0 saturated heterocycles. The molecular formula is C10H10N4O3. The van der Waals surface area contributed by atoms with Crippen LogP contribution in [-0.2, 0) is 4.79 Å². The first-order valence-electron chi connectivity index (χ1n) is 4.87. The Hall–Kier alpha value is -2.57. The Balaban J connectivity index is 2.26. The monoisotopic (exact) mass is 234 g/mol. The van der Waals surface area contributed by atoms with E-state index in [2.05, 4.69) is 15.4 Å². The van der Waals surface area contributed by atoms with Gasteiger partial charge in [0.15, 0.2) is 0 Å². The highest BCUT2D eigenvalue weighted by Gasteiger charge is 2.07. The molecule has 1 aromatic heterocycles. The van der Waals surface area contributed by atoms with E-state index in [-0.39, 0.29) is 12.5 Å². The van der Waals surface area contributed by atoms with Crippen LogP contribution in [-0.4, -0.2) is 32.4 Å². The van der Waals surface area contributed by atoms with Crippen LogP contribution in [0.15, 0.2) is 35.1 Å². The Morgan fingerprint density at radius 1 is 1.41 bits per heavy atom. The summed E-state index contributed by atoms with van der Waals surface area (Å²) in [5.74, 6) is -0.902. The average Bonchev–Trinajstić information content (AvgIpc) is 2.69. The van der Waals surface area contributed by atoms with Gasteiger partial charge >= 0.3 is 11.7 Å². The molecule has 1 heterocycles. The topological polar surface area (TPSA) is 100 Å². The Kier molecular flexibility index (Phi) is 2.91. The number of carboxylic acid groups (broad SMARTS) is 1. The summed E-state index contributed by atoms with van der Waals surface area (Å²) in [7, 11) is 0. The number of H-pyrrole nitrogens is 1. The molecule has 1 aromatic carbocycles. The summed E-state index contributed by atoms with van der Waals surface area (Å²) in [6, 6.07) is 8.83. The molecule has 0 aliphatic heterocycles. The van der Waals surface area contributed by atoms with Gasteiger partial charge in [-0.05, 0) is 12.1 Å². The normalized spacial score (nSPS) is 10.1. The number of benzene rings is 1. The fraction of sp³-hybridized carbons (Fsp3) is 0.100. The van der Waals surface area contributed by atoms with Gasteiger partial charge in [0, 0.05) is 0 Å². The lowest BCUT2D eigenvalue weighted by atomic mass is 10.3. The smallest absolute Gasteiger partial charge is 0.349 e. The molecule has 88 valence electrons. The Morgan fingerprint density at radius 3 is 2.76 bits per heavy atom. The van der Waals surface area contributed by atoms with E-state index in [4.69, 9.17) is 5.11 Å². The first-order chi connectivity index (χ1) is 8.16. The number of nitrogens with zero attached hydrogens (tertiary/aromatic N) is 2. The molecule has 0 fully saturated rings. The van der Waals surface area contributed by atoms with E-state index in [9.17, 15) is 9.59 Å². The first kappa shape index (κ1) is 10.9. The summed E-state index contributed by atoms with van der Waals surface area (Å²) in [4.78, 5) is 24.3. The summed E-state index contributed by atoms with van der Waals surface area (Å²) < 4.78 is 1.16. The minimum atomic E-state index is -1.03. The summed E-state index contributed by atoms with van der Waals surface area (Å²) in [6.45, 7) is -0.304. The third kappa shape index (κ3) is 2.51. The Bertz CT molecular complexity index is 573. The Labute approximate surface area is 95.7 Å². The van der Waals surface area contributed by atoms with Gasteiger partial charge in [-0.2, -0.15) is 4.68 Å². The highest BCUT2D eigenvalue weighted by Crippen LogP contribution is 2.03. The van der Waals surface area contributed by atoms with E-state index in [1.165, 1.54) is 0 Å². The summed E-state index contributed by atoms with van der Waals surface area (Å²) in [5.41, 5.74) is 0.182. The second-order valence-corrected chi connectivity index (χ2v) is 3.27. The number of nitrogens with one attached hydrogen (secondary N) is 2. The van der Waals surface area contributed by atoms with Crippen molar-refractivity contribution in [1.82, 2.24) is 14.8 Å². The van der Waals surface area contributed by atoms with Crippen LogP contribution in [0.25, 0.3) is 5.69 Å². The van der Waals surface area contributed by atoms with E-state index < -0.39 is 11.7 Å². The fourth-order valence-electron chi connectivity index (χ4n) is 1.31. The van der Waals surface area contributed by atoms with Crippen molar-refractivity contribution in [3.63, 3.8) is 0 Å². The maximum Gasteiger partial charge on any atom is 0.349 e. The maximum absolute atomic E-state index is 11.5. The molecule has 0 spiro atoms. The lowest BCUT2D eigenvalue weighted by molar-refractivity contribution is -0.134. The molecule has 0 atom stereocenters. The number of hydrogen-bond donors (Lipinski definition) is 3. The number of anilines is 1. The molecule has 0 saturated carbocycles. The molecule has 3 N–H and O–H groups in total. The van der Waals surface area contributed by atoms with Gasteiger partial charge in [0.25, 0.3) is 0 Å². The zero-order valence-corrected chi connectivity index (χ0v) is 8.75. The largest absolute Gasteiger partial charge is 0.480 e. The van der Waals surface area contributed by atoms with Crippen LogP contribution in [0.2, 0.25) is 0 Å². The number of rotatable bonds is 4. The van der Waals surface area contributed by atoms with Crippen LogP contribution in [0.3, 0.4) is 0 Å². The van der Waals surface area contributed by atoms with Crippen LogP contribution < -0.4 is 11.0 Å². The SMILES string of the molecule is O=C(O)CNc1nn(-c2ccccc2)c(=O)[nH]1. The van der Waals surface area contributed by atoms with Gasteiger partial charge in [0.05, 0.1) is 5.69 Å². The van der Waals surface area contributed by atoms with E-state index in [0.717, 1.165) is 4.68 Å². The zero-order chi connectivity index (χ0) is 12.3. The van der Waals surface area contributed by atoms with Gasteiger partial charge < -0.3 is 10.4 Å². The van der Waals surface area contributed by atoms with Crippen molar-refractivity contribution in [2.75, 3.05) is 11.9 Å². The van der Waals surface area contributed by atoms with E-state index in [1.54, 1.807) is 24.3 Å². The third-order valence-corrected chi connectivity index (χ3v) is 2.03. The second kappa shape index (κ2) is 4.52. The molecule has 0 amide bonds. The number of aromatic amines is 1. The quantitative estimate of drug-likeness (QED) is 0.694. The van der Waals surface area contributed by atoms with Crippen LogP contribution in [0.5, 0.6) is 0 Å². The second-order valence-electron chi connectivity index (χ2n) is 3.27. The number of hydrogen-bond acceptors (Lipinski definition) is 4. The minimum Gasteiger partial charge on any atom is -0.480 e. The summed E-state index contributed by atoms with van der Waals surface area (Å²) in [5, 5.41) is 14.9. The lowest BCUT2D eigenvalue weighted by Crippen LogP contribution is -2.15. The van der Waals surface area contributed by atoms with Gasteiger partial charge in [-0.3, -0.25) is 9.78 Å². The maximum atomic E-state index is 11.5. The summed E-state index contributed by atoms with van der Waals surface area (Å²) >= 11 is 0. The van der Waals surface area contributed by atoms with E-state index >= 15 is 0 Å². The van der Waals surface area contributed by atoms with Crippen molar-refractivity contribution in [2.24, 2.45) is 0 Å². The van der Waals surface area contributed by atoms with Crippen LogP contribution >= 0.6 is 0 Å². The van der Waals surface area contributed by atoms with Gasteiger partial charge in [0.2, 0.25) is 5.95 Å². The lowest BCUT2D eigenvalue weighted by Gasteiger charge is -1.98. The minimum absolute atomic E-state index is 0.126. The van der Waals surface area contributed by atoms with Gasteiger partial charge in [-0.15, -0.1) is 5.10 Å². The van der Waals surface area contributed by atoms with Crippen LogP contribution in [0.4, 0.5) is 5.95 Å². The zero-order valence-electron chi connectivity index (χ0n) is 8.75. The summed E-state index contributed by atoms with van der Waals surface area (Å²) in [6.07, 6.45) is 0. The number of para-hydroxylation sites is 1. The molecule has 0 radical (unpaired) electrons. The number of aliphatic carboxylic acids is 1. The molecule has 0 aliphatic carbocycles. The standard InChI is InChI=1S/C10H10N4O3/c15-8(16)6-11-9-12-10(17)14(13-9)7-4-2-1-3-5-7/h1-5H,6H2,(H,15,16)(H2,11,12,13,17). The van der Waals surface area contributed by atoms with Crippen molar-refractivity contribution in [1.29, 1.82) is 0 Å². The average molecular weight is 234 g/mol. The van der Waals surface area contributed by atoms with Gasteiger partial charge in [-0.25, -0.2) is 4.79 Å². The van der Waals surface area contributed by atoms with E-state index in [0.29, 0.717) is 5.69 Å². The third-order valence-electron chi connectivity index (χ3n) is 2.03. The molecule has 7 heteroatoms. The van der Waals surface area contributed by atoms with Crippen molar-refractivity contribution >= 4 is 11.9 Å². The van der Waals surface area contributed by atoms with Gasteiger partial charge in [-0.1, -0.05) is 18.2 Å². The van der Waals surface area contributed by atoms with Crippen molar-refractivity contribution in [3.8, 4) is 5.69 Å². The van der Waals surface area contributed by atoms with Gasteiger partial charge in [0.1, 0.15) is 6.54 Å². The van der Waals surface area contributed by atoms with Crippen molar-refractivity contribution in [2.45, 2.75) is 0 Å². The first-order valence-corrected chi connectivity index (χ1v) is 4.87. The molecule has 17 heavy (non-hydrogen) atoms. The Morgan fingerprint density at radius 2 is 2.12 bits per heavy atom. The molecule has 2 aromatic rings. The number of carboxylic acids is 1. The number of aromatic nitrogens is 3. The predicted octanol–water partition coefficient (Wildman–Crippen LogP) is 0.0571. The molecule has 0 bridgehead atoms. The van der Waals surface area contributed by atoms with Crippen molar-refractivity contribution in [3.05, 3.63) is 40.8 Å². The van der Waals surface area contributed by atoms with Crippen LogP contribution in [0.1, 0.15) is 0 Å².